The summed E-state index contributed by atoms with van der Waals surface area (Å²) < 4.78 is 16.0. The highest BCUT2D eigenvalue weighted by Crippen LogP contribution is 2.15. The van der Waals surface area contributed by atoms with Crippen LogP contribution in [0.25, 0.3) is 0 Å². The van der Waals surface area contributed by atoms with Gasteiger partial charge in [-0.15, -0.1) is 10.2 Å². The average Bonchev–Trinajstić information content (AvgIpc) is 2.92. The Balaban J connectivity index is 1.49. The first-order valence-corrected chi connectivity index (χ1v) is 10.4. The lowest BCUT2D eigenvalue weighted by Gasteiger charge is -2.12. The molecule has 0 spiro atoms. The van der Waals surface area contributed by atoms with Gasteiger partial charge in [-0.25, -0.2) is 9.38 Å². The number of hydrogen-bond donors (Lipinski definition) is 2. The van der Waals surface area contributed by atoms with Gasteiger partial charge in [0.2, 0.25) is 0 Å². The molecule has 2 aromatic rings. The number of guanidine groups is 1. The number of aromatic nitrogens is 3. The molecule has 0 radical (unpaired) electrons. The monoisotopic (exact) mass is 386 g/mol. The molecule has 1 aromatic carbocycles. The minimum atomic E-state index is -0.182. The van der Waals surface area contributed by atoms with Crippen molar-refractivity contribution in [2.24, 2.45) is 4.99 Å². The summed E-state index contributed by atoms with van der Waals surface area (Å²) in [5.41, 5.74) is 1.52. The van der Waals surface area contributed by atoms with Crippen molar-refractivity contribution in [2.45, 2.75) is 65.5 Å². The van der Waals surface area contributed by atoms with E-state index in [9.17, 15) is 4.39 Å². The number of rotatable bonds is 7. The molecular formula is C21H31FN6. The van der Waals surface area contributed by atoms with E-state index in [-0.39, 0.29) is 5.82 Å². The predicted molar refractivity (Wildman–Crippen MR) is 110 cm³/mol. The summed E-state index contributed by atoms with van der Waals surface area (Å²) in [6.45, 7) is 6.88. The summed E-state index contributed by atoms with van der Waals surface area (Å²) >= 11 is 0. The molecule has 0 amide bonds. The van der Waals surface area contributed by atoms with Crippen LogP contribution < -0.4 is 10.6 Å². The van der Waals surface area contributed by atoms with Crippen LogP contribution in [0.4, 0.5) is 4.39 Å². The Bertz CT molecular complexity index is 798. The minimum absolute atomic E-state index is 0.182. The number of aliphatic imine (C=N–C) groups is 1. The largest absolute Gasteiger partial charge is 0.357 e. The topological polar surface area (TPSA) is 67.1 Å². The minimum Gasteiger partial charge on any atom is -0.357 e. The van der Waals surface area contributed by atoms with E-state index in [2.05, 4.69) is 30.4 Å². The second-order valence-corrected chi connectivity index (χ2v) is 7.30. The Kier molecular flexibility index (Phi) is 7.39. The van der Waals surface area contributed by atoms with Crippen molar-refractivity contribution in [3.63, 3.8) is 0 Å². The maximum atomic E-state index is 13.7. The van der Waals surface area contributed by atoms with Crippen LogP contribution >= 0.6 is 0 Å². The zero-order valence-electron chi connectivity index (χ0n) is 17.0. The number of fused-ring (bicyclic) bond motifs is 1. The van der Waals surface area contributed by atoms with E-state index in [4.69, 9.17) is 0 Å². The first kappa shape index (κ1) is 20.3. The molecule has 0 saturated carbocycles. The van der Waals surface area contributed by atoms with Gasteiger partial charge in [-0.05, 0) is 50.3 Å². The fourth-order valence-corrected chi connectivity index (χ4v) is 3.43. The molecule has 152 valence electrons. The van der Waals surface area contributed by atoms with Crippen LogP contribution in [-0.4, -0.2) is 33.8 Å². The van der Waals surface area contributed by atoms with Crippen LogP contribution in [0.15, 0.2) is 23.2 Å². The van der Waals surface area contributed by atoms with Crippen LogP contribution in [0.2, 0.25) is 0 Å². The third kappa shape index (κ3) is 5.53. The highest BCUT2D eigenvalue weighted by molar-refractivity contribution is 5.79. The molecule has 0 saturated heterocycles. The summed E-state index contributed by atoms with van der Waals surface area (Å²) in [6, 6.07) is 5.27. The van der Waals surface area contributed by atoms with Crippen molar-refractivity contribution in [1.82, 2.24) is 25.4 Å². The molecule has 2 N–H and O–H groups in total. The van der Waals surface area contributed by atoms with Gasteiger partial charge in [0.15, 0.2) is 5.96 Å². The van der Waals surface area contributed by atoms with Crippen molar-refractivity contribution >= 4 is 5.96 Å². The Morgan fingerprint density at radius 1 is 1.21 bits per heavy atom. The lowest BCUT2D eigenvalue weighted by molar-refractivity contribution is 0.594. The first-order valence-electron chi connectivity index (χ1n) is 10.4. The van der Waals surface area contributed by atoms with Crippen LogP contribution in [-0.2, 0) is 25.9 Å². The molecule has 28 heavy (non-hydrogen) atoms. The maximum Gasteiger partial charge on any atom is 0.191 e. The van der Waals surface area contributed by atoms with Gasteiger partial charge in [0, 0.05) is 32.5 Å². The van der Waals surface area contributed by atoms with Crippen molar-refractivity contribution < 1.29 is 4.39 Å². The fraction of sp³-hybridized carbons (Fsp3) is 0.571. The lowest BCUT2D eigenvalue weighted by atomic mass is 10.1. The van der Waals surface area contributed by atoms with Gasteiger partial charge in [0.1, 0.15) is 17.5 Å². The molecule has 7 heteroatoms. The molecule has 1 aliphatic heterocycles. The summed E-state index contributed by atoms with van der Waals surface area (Å²) in [6.07, 6.45) is 6.62. The van der Waals surface area contributed by atoms with E-state index in [1.54, 1.807) is 19.1 Å². The Morgan fingerprint density at radius 2 is 2.11 bits per heavy atom. The number of nitrogens with one attached hydrogen (secondary N) is 2. The predicted octanol–water partition coefficient (Wildman–Crippen LogP) is 3.14. The Morgan fingerprint density at radius 3 is 2.93 bits per heavy atom. The lowest BCUT2D eigenvalue weighted by Crippen LogP contribution is -2.37. The number of nitrogens with zero attached hydrogens (tertiary/aromatic N) is 4. The van der Waals surface area contributed by atoms with Gasteiger partial charge >= 0.3 is 0 Å². The van der Waals surface area contributed by atoms with Crippen molar-refractivity contribution in [2.75, 3.05) is 13.1 Å². The molecule has 0 atom stereocenters. The average molecular weight is 387 g/mol. The van der Waals surface area contributed by atoms with Crippen molar-refractivity contribution in [3.05, 3.63) is 46.8 Å². The highest BCUT2D eigenvalue weighted by atomic mass is 19.1. The molecule has 3 rings (SSSR count). The smallest absolute Gasteiger partial charge is 0.191 e. The molecule has 0 fully saturated rings. The highest BCUT2D eigenvalue weighted by Gasteiger charge is 2.14. The SMILES string of the molecule is CCNC(=NCc1ccc(C)c(F)c1)NCCCc1nnc2n1CCCCC2. The summed E-state index contributed by atoms with van der Waals surface area (Å²) in [5.74, 6) is 2.80. The third-order valence-corrected chi connectivity index (χ3v) is 5.06. The van der Waals surface area contributed by atoms with E-state index in [0.29, 0.717) is 12.1 Å². The molecule has 2 heterocycles. The van der Waals surface area contributed by atoms with E-state index in [1.165, 1.54) is 19.3 Å². The molecule has 0 aliphatic carbocycles. The van der Waals surface area contributed by atoms with Crippen LogP contribution in [0, 0.1) is 12.7 Å². The number of hydrogen-bond acceptors (Lipinski definition) is 3. The maximum absolute atomic E-state index is 13.7. The Hall–Kier alpha value is -2.44. The molecule has 6 nitrogen and oxygen atoms in total. The summed E-state index contributed by atoms with van der Waals surface area (Å²) in [4.78, 5) is 4.57. The number of benzene rings is 1. The van der Waals surface area contributed by atoms with Gasteiger partial charge in [-0.1, -0.05) is 18.6 Å². The zero-order chi connectivity index (χ0) is 19.8. The van der Waals surface area contributed by atoms with E-state index in [1.807, 2.05) is 13.0 Å². The Labute approximate surface area is 166 Å². The molecule has 1 aliphatic rings. The normalized spacial score (nSPS) is 14.5. The fourth-order valence-electron chi connectivity index (χ4n) is 3.43. The first-order chi connectivity index (χ1) is 13.7. The second-order valence-electron chi connectivity index (χ2n) is 7.30. The number of halogens is 1. The molecule has 1 aromatic heterocycles. The van der Waals surface area contributed by atoms with Crippen LogP contribution in [0.3, 0.4) is 0 Å². The summed E-state index contributed by atoms with van der Waals surface area (Å²) in [7, 11) is 0. The summed E-state index contributed by atoms with van der Waals surface area (Å²) in [5, 5.41) is 15.4. The molecule has 0 unspecified atom stereocenters. The number of aryl methyl sites for hydroxylation is 3. The van der Waals surface area contributed by atoms with E-state index >= 15 is 0 Å². The quantitative estimate of drug-likeness (QED) is 0.436. The second kappa shape index (κ2) is 10.2. The molecule has 0 bridgehead atoms. The van der Waals surface area contributed by atoms with Gasteiger partial charge in [0.25, 0.3) is 0 Å². The third-order valence-electron chi connectivity index (χ3n) is 5.06. The zero-order valence-corrected chi connectivity index (χ0v) is 17.0. The van der Waals surface area contributed by atoms with Crippen molar-refractivity contribution in [1.29, 1.82) is 0 Å². The van der Waals surface area contributed by atoms with Gasteiger partial charge < -0.3 is 15.2 Å². The molecular weight excluding hydrogens is 355 g/mol. The van der Waals surface area contributed by atoms with Gasteiger partial charge in [0.05, 0.1) is 6.54 Å². The van der Waals surface area contributed by atoms with Crippen molar-refractivity contribution in [3.8, 4) is 0 Å². The van der Waals surface area contributed by atoms with E-state index in [0.717, 1.165) is 62.1 Å². The van der Waals surface area contributed by atoms with Crippen LogP contribution in [0.1, 0.15) is 55.4 Å². The van der Waals surface area contributed by atoms with Crippen LogP contribution in [0.5, 0.6) is 0 Å². The van der Waals surface area contributed by atoms with E-state index < -0.39 is 0 Å². The standard InChI is InChI=1S/C21H31FN6/c1-3-23-21(25-15-17-11-10-16(2)18(22)14-17)24-12-7-9-20-27-26-19-8-5-4-6-13-28(19)20/h10-11,14H,3-9,12-13,15H2,1-2H3,(H2,23,24,25). The van der Waals surface area contributed by atoms with Gasteiger partial charge in [-0.3, -0.25) is 0 Å². The van der Waals surface area contributed by atoms with Gasteiger partial charge in [-0.2, -0.15) is 0 Å².